The van der Waals surface area contributed by atoms with Crippen LogP contribution < -0.4 is 5.32 Å². The third-order valence-electron chi connectivity index (χ3n) is 2.83. The summed E-state index contributed by atoms with van der Waals surface area (Å²) in [4.78, 5) is 11.9. The summed E-state index contributed by atoms with van der Waals surface area (Å²) < 4.78 is 0. The first-order valence-corrected chi connectivity index (χ1v) is 8.32. The van der Waals surface area contributed by atoms with Crippen molar-refractivity contribution >= 4 is 46.6 Å². The van der Waals surface area contributed by atoms with Crippen molar-refractivity contribution < 1.29 is 4.79 Å². The second kappa shape index (κ2) is 8.09. The lowest BCUT2D eigenvalue weighted by Crippen LogP contribution is -2.14. The molecule has 0 saturated carbocycles. The fraction of sp³-hybridized carbons (Fsp3) is 0.125. The van der Waals surface area contributed by atoms with Gasteiger partial charge >= 0.3 is 0 Å². The van der Waals surface area contributed by atoms with E-state index in [-0.39, 0.29) is 11.7 Å². The number of benzene rings is 2. The van der Waals surface area contributed by atoms with E-state index in [0.717, 1.165) is 5.56 Å². The molecule has 0 aliphatic rings. The molecule has 0 unspecified atom stereocenters. The zero-order valence-electron chi connectivity index (χ0n) is 11.5. The summed E-state index contributed by atoms with van der Waals surface area (Å²) in [5.41, 5.74) is 2.09. The van der Waals surface area contributed by atoms with E-state index in [9.17, 15) is 4.79 Å². The van der Waals surface area contributed by atoms with Gasteiger partial charge in [0.05, 0.1) is 28.1 Å². The van der Waals surface area contributed by atoms with Gasteiger partial charge in [-0.05, 0) is 29.8 Å². The number of amides is 1. The molecule has 0 radical (unpaired) electrons. The minimum atomic E-state index is -0.149. The topological polar surface area (TPSA) is 52.9 Å². The predicted octanol–water partition coefficient (Wildman–Crippen LogP) is 4.74. The van der Waals surface area contributed by atoms with Gasteiger partial charge in [-0.15, -0.1) is 11.8 Å². The van der Waals surface area contributed by atoms with Gasteiger partial charge in [0.25, 0.3) is 0 Å². The van der Waals surface area contributed by atoms with E-state index in [1.807, 2.05) is 18.2 Å². The minimum absolute atomic E-state index is 0.149. The summed E-state index contributed by atoms with van der Waals surface area (Å²) in [6.45, 7) is 0. The minimum Gasteiger partial charge on any atom is -0.324 e. The Bertz CT molecular complexity index is 728. The Hall–Kier alpha value is -1.67. The van der Waals surface area contributed by atoms with Crippen LogP contribution in [-0.2, 0) is 10.5 Å². The van der Waals surface area contributed by atoms with Crippen molar-refractivity contribution in [1.82, 2.24) is 0 Å². The maximum atomic E-state index is 11.9. The molecule has 1 N–H and O–H groups in total. The second-order valence-corrected chi connectivity index (χ2v) is 6.26. The maximum absolute atomic E-state index is 11.9. The van der Waals surface area contributed by atoms with Crippen molar-refractivity contribution in [3.05, 3.63) is 63.6 Å². The average Bonchev–Trinajstić information content (AvgIpc) is 2.50. The number of carbonyl (C=O) groups is 1. The molecule has 0 heterocycles. The quantitative estimate of drug-likeness (QED) is 0.847. The van der Waals surface area contributed by atoms with Gasteiger partial charge in [-0.25, -0.2) is 0 Å². The molecular weight excluding hydrogens is 339 g/mol. The molecule has 0 aliphatic heterocycles. The molecule has 0 bridgehead atoms. The highest BCUT2D eigenvalue weighted by atomic mass is 35.5. The Kier molecular flexibility index (Phi) is 6.14. The summed E-state index contributed by atoms with van der Waals surface area (Å²) in [6.07, 6.45) is 0. The number of carbonyl (C=O) groups excluding carboxylic acids is 1. The molecule has 2 rings (SSSR count). The van der Waals surface area contributed by atoms with E-state index < -0.39 is 0 Å². The van der Waals surface area contributed by atoms with E-state index in [1.165, 1.54) is 11.8 Å². The monoisotopic (exact) mass is 350 g/mol. The van der Waals surface area contributed by atoms with Crippen molar-refractivity contribution in [2.24, 2.45) is 0 Å². The predicted molar refractivity (Wildman–Crippen MR) is 92.4 cm³/mol. The molecule has 0 spiro atoms. The Labute approximate surface area is 143 Å². The van der Waals surface area contributed by atoms with E-state index in [2.05, 4.69) is 11.4 Å². The van der Waals surface area contributed by atoms with Crippen LogP contribution in [0.2, 0.25) is 10.0 Å². The molecule has 3 nitrogen and oxygen atoms in total. The number of halogens is 2. The van der Waals surface area contributed by atoms with Gasteiger partial charge in [0, 0.05) is 10.8 Å². The number of nitrogens with zero attached hydrogens (tertiary/aromatic N) is 1. The third-order valence-corrected chi connectivity index (χ3v) is 4.36. The highest BCUT2D eigenvalue weighted by molar-refractivity contribution is 7.99. The Balaban J connectivity index is 1.87. The van der Waals surface area contributed by atoms with Gasteiger partial charge < -0.3 is 5.32 Å². The zero-order chi connectivity index (χ0) is 15.9. The van der Waals surface area contributed by atoms with Crippen LogP contribution in [0.4, 0.5) is 5.69 Å². The smallest absolute Gasteiger partial charge is 0.234 e. The number of nitrogens with one attached hydrogen (secondary N) is 1. The van der Waals surface area contributed by atoms with Gasteiger partial charge in [-0.3, -0.25) is 4.79 Å². The average molecular weight is 351 g/mol. The van der Waals surface area contributed by atoms with Gasteiger partial charge in [0.1, 0.15) is 0 Å². The number of hydrogen-bond donors (Lipinski definition) is 1. The van der Waals surface area contributed by atoms with E-state index in [1.54, 1.807) is 24.3 Å². The molecule has 0 aromatic heterocycles. The lowest BCUT2D eigenvalue weighted by atomic mass is 10.1. The normalized spacial score (nSPS) is 10.0. The number of thioether (sulfide) groups is 1. The molecule has 112 valence electrons. The van der Waals surface area contributed by atoms with Gasteiger partial charge in [-0.2, -0.15) is 5.26 Å². The van der Waals surface area contributed by atoms with Crippen LogP contribution in [-0.4, -0.2) is 11.7 Å². The lowest BCUT2D eigenvalue weighted by Gasteiger charge is -2.08. The molecular formula is C16H12Cl2N2OS. The second-order valence-electron chi connectivity index (χ2n) is 4.43. The van der Waals surface area contributed by atoms with Crippen LogP contribution in [0.5, 0.6) is 0 Å². The molecule has 2 aromatic rings. The van der Waals surface area contributed by atoms with Crippen molar-refractivity contribution in [3.63, 3.8) is 0 Å². The van der Waals surface area contributed by atoms with Crippen LogP contribution in [0.1, 0.15) is 11.1 Å². The highest BCUT2D eigenvalue weighted by Crippen LogP contribution is 2.25. The summed E-state index contributed by atoms with van der Waals surface area (Å²) in [7, 11) is 0. The Morgan fingerprint density at radius 3 is 2.73 bits per heavy atom. The molecule has 1 amide bonds. The van der Waals surface area contributed by atoms with Gasteiger partial charge in [0.15, 0.2) is 0 Å². The lowest BCUT2D eigenvalue weighted by molar-refractivity contribution is -0.113. The molecule has 0 aliphatic carbocycles. The third kappa shape index (κ3) is 4.67. The molecule has 6 heteroatoms. The molecule has 0 saturated heterocycles. The number of anilines is 1. The molecule has 22 heavy (non-hydrogen) atoms. The highest BCUT2D eigenvalue weighted by Gasteiger charge is 2.08. The summed E-state index contributed by atoms with van der Waals surface area (Å²) in [5, 5.41) is 12.7. The molecule has 0 fully saturated rings. The SMILES string of the molecule is N#Cc1ccccc1CSCC(=O)Nc1ccc(Cl)cc1Cl. The summed E-state index contributed by atoms with van der Waals surface area (Å²) >= 11 is 13.2. The first kappa shape index (κ1) is 16.7. The van der Waals surface area contributed by atoms with E-state index in [0.29, 0.717) is 27.0 Å². The first-order valence-electron chi connectivity index (χ1n) is 6.41. The maximum Gasteiger partial charge on any atom is 0.234 e. The van der Waals surface area contributed by atoms with Gasteiger partial charge in [0.2, 0.25) is 5.91 Å². The van der Waals surface area contributed by atoms with Crippen LogP contribution >= 0.6 is 35.0 Å². The summed E-state index contributed by atoms with van der Waals surface area (Å²) in [6, 6.07) is 14.4. The van der Waals surface area contributed by atoms with Gasteiger partial charge in [-0.1, -0.05) is 41.4 Å². The largest absolute Gasteiger partial charge is 0.324 e. The Morgan fingerprint density at radius 1 is 1.23 bits per heavy atom. The molecule has 2 aromatic carbocycles. The summed E-state index contributed by atoms with van der Waals surface area (Å²) in [5.74, 6) is 0.730. The van der Waals surface area contributed by atoms with Crippen molar-refractivity contribution in [2.45, 2.75) is 5.75 Å². The van der Waals surface area contributed by atoms with Crippen molar-refractivity contribution in [1.29, 1.82) is 5.26 Å². The fourth-order valence-corrected chi connectivity index (χ4v) is 3.07. The van der Waals surface area contributed by atoms with Crippen LogP contribution in [0.15, 0.2) is 42.5 Å². The molecule has 0 atom stereocenters. The Morgan fingerprint density at radius 2 is 2.00 bits per heavy atom. The van der Waals surface area contributed by atoms with E-state index >= 15 is 0 Å². The van der Waals surface area contributed by atoms with Crippen molar-refractivity contribution in [3.8, 4) is 6.07 Å². The first-order chi connectivity index (χ1) is 10.6. The number of rotatable bonds is 5. The standard InChI is InChI=1S/C16H12Cl2N2OS/c17-13-5-6-15(14(18)7-13)20-16(21)10-22-9-12-4-2-1-3-11(12)8-19/h1-7H,9-10H2,(H,20,21). The fourth-order valence-electron chi connectivity index (χ4n) is 1.79. The van der Waals surface area contributed by atoms with Crippen molar-refractivity contribution in [2.75, 3.05) is 11.1 Å². The number of hydrogen-bond acceptors (Lipinski definition) is 3. The zero-order valence-corrected chi connectivity index (χ0v) is 13.8. The van der Waals surface area contributed by atoms with Crippen LogP contribution in [0, 0.1) is 11.3 Å². The number of nitriles is 1. The van der Waals surface area contributed by atoms with E-state index in [4.69, 9.17) is 28.5 Å². The van der Waals surface area contributed by atoms with Crippen LogP contribution in [0.25, 0.3) is 0 Å². The van der Waals surface area contributed by atoms with Crippen LogP contribution in [0.3, 0.4) is 0 Å².